The number of nitrogens with one attached hydrogen (secondary N) is 1. The van der Waals surface area contributed by atoms with Crippen molar-refractivity contribution >= 4 is 11.7 Å². The number of allylic oxidation sites excluding steroid dienone is 2. The number of ether oxygens (including phenoxy) is 1. The number of benzene rings is 1. The Balaban J connectivity index is 2.59. The molecule has 0 fully saturated rings. The van der Waals surface area contributed by atoms with Crippen molar-refractivity contribution in [3.05, 3.63) is 54.1 Å². The molecule has 0 radical (unpaired) electrons. The molecule has 3 heteroatoms. The molecular weight excluding hydrogens is 238 g/mol. The predicted octanol–water partition coefficient (Wildman–Crippen LogP) is 3.70. The van der Waals surface area contributed by atoms with Gasteiger partial charge < -0.3 is 10.1 Å². The summed E-state index contributed by atoms with van der Waals surface area (Å²) in [6.07, 6.45) is 3.02. The maximum atomic E-state index is 11.2. The Morgan fingerprint density at radius 1 is 1.47 bits per heavy atom. The molecule has 1 amide bonds. The van der Waals surface area contributed by atoms with E-state index in [1.54, 1.807) is 0 Å². The van der Waals surface area contributed by atoms with Gasteiger partial charge in [0.1, 0.15) is 6.10 Å². The highest BCUT2D eigenvalue weighted by Gasteiger charge is 2.05. The molecule has 0 aliphatic rings. The van der Waals surface area contributed by atoms with E-state index < -0.39 is 6.09 Å². The zero-order chi connectivity index (χ0) is 14.3. The van der Waals surface area contributed by atoms with Crippen LogP contribution >= 0.6 is 0 Å². The van der Waals surface area contributed by atoms with Crippen LogP contribution in [0.2, 0.25) is 0 Å². The van der Waals surface area contributed by atoms with Gasteiger partial charge in [0.05, 0.1) is 0 Å². The van der Waals surface area contributed by atoms with Crippen LogP contribution < -0.4 is 5.32 Å². The minimum atomic E-state index is -0.402. The maximum Gasteiger partial charge on any atom is 0.407 e. The van der Waals surface area contributed by atoms with Crippen molar-refractivity contribution in [2.75, 3.05) is 6.54 Å². The largest absolute Gasteiger partial charge is 0.442 e. The van der Waals surface area contributed by atoms with E-state index in [1.165, 1.54) is 5.56 Å². The predicted molar refractivity (Wildman–Crippen MR) is 79.0 cm³/mol. The van der Waals surface area contributed by atoms with Gasteiger partial charge >= 0.3 is 6.09 Å². The summed E-state index contributed by atoms with van der Waals surface area (Å²) >= 11 is 0. The number of hydrogen-bond acceptors (Lipinski definition) is 2. The Morgan fingerprint density at radius 3 is 2.79 bits per heavy atom. The van der Waals surface area contributed by atoms with Gasteiger partial charge in [-0.2, -0.15) is 0 Å². The lowest BCUT2D eigenvalue weighted by Crippen LogP contribution is -2.26. The third-order valence-electron chi connectivity index (χ3n) is 2.67. The third-order valence-corrected chi connectivity index (χ3v) is 2.67. The van der Waals surface area contributed by atoms with Crippen molar-refractivity contribution in [1.82, 2.24) is 5.32 Å². The molecule has 1 atom stereocenters. The van der Waals surface area contributed by atoms with Crippen LogP contribution in [-0.2, 0) is 4.74 Å². The fourth-order valence-electron chi connectivity index (χ4n) is 1.67. The molecule has 102 valence electrons. The molecule has 1 rings (SSSR count). The average Bonchev–Trinajstić information content (AvgIpc) is 2.36. The molecule has 0 heterocycles. The number of amides is 1. The summed E-state index contributed by atoms with van der Waals surface area (Å²) in [5, 5.41) is 2.59. The quantitative estimate of drug-likeness (QED) is 0.819. The molecular formula is C16H21NO2. The van der Waals surface area contributed by atoms with Gasteiger partial charge in [-0.1, -0.05) is 36.9 Å². The summed E-state index contributed by atoms with van der Waals surface area (Å²) in [6.45, 7) is 10.3. The summed E-state index contributed by atoms with van der Waals surface area (Å²) in [7, 11) is 0. The van der Waals surface area contributed by atoms with Crippen LogP contribution in [0.3, 0.4) is 0 Å². The molecule has 1 N–H and O–H groups in total. The molecule has 1 aromatic rings. The third kappa shape index (κ3) is 5.00. The first kappa shape index (κ1) is 15.0. The molecule has 3 nitrogen and oxygen atoms in total. The average molecular weight is 259 g/mol. The molecule has 19 heavy (non-hydrogen) atoms. The standard InChI is InChI=1S/C16H21NO2/c1-5-17-16(18)19-14(4)11-10-13(3)15-9-7-6-8-12(15)2/h6-11,14H,3,5H2,1-2,4H3,(H,17,18)/b11-10-. The van der Waals surface area contributed by atoms with Gasteiger partial charge in [-0.05, 0) is 43.5 Å². The summed E-state index contributed by atoms with van der Waals surface area (Å²) in [4.78, 5) is 11.2. The number of carbonyl (C=O) groups is 1. The summed E-state index contributed by atoms with van der Waals surface area (Å²) in [6, 6.07) is 8.05. The van der Waals surface area contributed by atoms with E-state index in [0.29, 0.717) is 6.54 Å². The van der Waals surface area contributed by atoms with Crippen LogP contribution in [0.5, 0.6) is 0 Å². The highest BCUT2D eigenvalue weighted by Crippen LogP contribution is 2.18. The Bertz CT molecular complexity index is 477. The zero-order valence-corrected chi connectivity index (χ0v) is 11.8. The van der Waals surface area contributed by atoms with Crippen LogP contribution in [0.15, 0.2) is 43.0 Å². The fraction of sp³-hybridized carbons (Fsp3) is 0.312. The second-order valence-corrected chi connectivity index (χ2v) is 4.34. The highest BCUT2D eigenvalue weighted by atomic mass is 16.6. The summed E-state index contributed by atoms with van der Waals surface area (Å²) in [5.74, 6) is 0. The molecule has 1 unspecified atom stereocenters. The van der Waals surface area contributed by atoms with Crippen molar-refractivity contribution in [1.29, 1.82) is 0 Å². The molecule has 0 aliphatic carbocycles. The van der Waals surface area contributed by atoms with E-state index in [4.69, 9.17) is 4.74 Å². The normalized spacial score (nSPS) is 12.2. The van der Waals surface area contributed by atoms with Crippen molar-refractivity contribution in [2.24, 2.45) is 0 Å². The van der Waals surface area contributed by atoms with Gasteiger partial charge in [0.2, 0.25) is 0 Å². The van der Waals surface area contributed by atoms with Gasteiger partial charge in [0.15, 0.2) is 0 Å². The van der Waals surface area contributed by atoms with Crippen LogP contribution in [0.4, 0.5) is 4.79 Å². The minimum absolute atomic E-state index is 0.285. The SMILES string of the molecule is C=C(/C=C\C(C)OC(=O)NCC)c1ccccc1C. The van der Waals surface area contributed by atoms with Crippen LogP contribution in [0.1, 0.15) is 25.0 Å². The summed E-state index contributed by atoms with van der Waals surface area (Å²) < 4.78 is 5.13. The van der Waals surface area contributed by atoms with Gasteiger partial charge in [-0.25, -0.2) is 4.79 Å². The van der Waals surface area contributed by atoms with Crippen LogP contribution in [0, 0.1) is 6.92 Å². The van der Waals surface area contributed by atoms with Crippen LogP contribution in [-0.4, -0.2) is 18.7 Å². The maximum absolute atomic E-state index is 11.2. The van der Waals surface area contributed by atoms with E-state index in [-0.39, 0.29) is 6.10 Å². The zero-order valence-electron chi connectivity index (χ0n) is 11.8. The molecule has 0 bridgehead atoms. The van der Waals surface area contributed by atoms with E-state index in [9.17, 15) is 4.79 Å². The highest BCUT2D eigenvalue weighted by molar-refractivity contribution is 5.74. The second kappa shape index (κ2) is 7.41. The smallest absolute Gasteiger partial charge is 0.407 e. The first-order valence-electron chi connectivity index (χ1n) is 6.42. The number of rotatable bonds is 5. The van der Waals surface area contributed by atoms with E-state index in [1.807, 2.05) is 57.2 Å². The Hall–Kier alpha value is -2.03. The van der Waals surface area contributed by atoms with E-state index >= 15 is 0 Å². The van der Waals surface area contributed by atoms with Gasteiger partial charge in [0, 0.05) is 6.54 Å². The Kier molecular flexibility index (Phi) is 5.86. The van der Waals surface area contributed by atoms with Crippen molar-refractivity contribution in [3.8, 4) is 0 Å². The second-order valence-electron chi connectivity index (χ2n) is 4.34. The number of alkyl carbamates (subject to hydrolysis) is 1. The topological polar surface area (TPSA) is 38.3 Å². The van der Waals surface area contributed by atoms with Crippen LogP contribution in [0.25, 0.3) is 5.57 Å². The first-order valence-corrected chi connectivity index (χ1v) is 6.42. The molecule has 0 saturated heterocycles. The molecule has 0 aromatic heterocycles. The first-order chi connectivity index (χ1) is 9.04. The van der Waals surface area contributed by atoms with Crippen molar-refractivity contribution in [3.63, 3.8) is 0 Å². The number of hydrogen-bond donors (Lipinski definition) is 1. The molecule has 0 spiro atoms. The van der Waals surface area contributed by atoms with Crippen molar-refractivity contribution < 1.29 is 9.53 Å². The Labute approximate surface area is 115 Å². The van der Waals surface area contributed by atoms with E-state index in [2.05, 4.69) is 11.9 Å². The van der Waals surface area contributed by atoms with Gasteiger partial charge in [0.25, 0.3) is 0 Å². The number of aryl methyl sites for hydroxylation is 1. The monoisotopic (exact) mass is 259 g/mol. The lowest BCUT2D eigenvalue weighted by molar-refractivity contribution is 0.127. The number of carbonyl (C=O) groups excluding carboxylic acids is 1. The lowest BCUT2D eigenvalue weighted by Gasteiger charge is -2.10. The minimum Gasteiger partial charge on any atom is -0.442 e. The van der Waals surface area contributed by atoms with E-state index in [0.717, 1.165) is 11.1 Å². The van der Waals surface area contributed by atoms with Crippen molar-refractivity contribution in [2.45, 2.75) is 26.9 Å². The molecule has 0 saturated carbocycles. The lowest BCUT2D eigenvalue weighted by atomic mass is 10.0. The van der Waals surface area contributed by atoms with Gasteiger partial charge in [-0.3, -0.25) is 0 Å². The van der Waals surface area contributed by atoms with Gasteiger partial charge in [-0.15, -0.1) is 0 Å². The Morgan fingerprint density at radius 2 is 2.16 bits per heavy atom. The molecule has 0 aliphatic heterocycles. The molecule has 1 aromatic carbocycles. The fourth-order valence-corrected chi connectivity index (χ4v) is 1.67. The summed E-state index contributed by atoms with van der Waals surface area (Å²) in [5.41, 5.74) is 3.18.